The summed E-state index contributed by atoms with van der Waals surface area (Å²) in [6.45, 7) is 16.8. The van der Waals surface area contributed by atoms with Crippen molar-refractivity contribution in [2.45, 2.75) is 90.6 Å². The Bertz CT molecular complexity index is 1190. The maximum absolute atomic E-state index is 13.6. The number of benzene rings is 1. The van der Waals surface area contributed by atoms with Crippen LogP contribution in [-0.2, 0) is 14.3 Å². The minimum atomic E-state index is -0.689. The fourth-order valence-electron chi connectivity index (χ4n) is 8.03. The summed E-state index contributed by atoms with van der Waals surface area (Å²) in [6, 6.07) is 6.74. The van der Waals surface area contributed by atoms with E-state index in [2.05, 4.69) is 32.7 Å². The molecule has 234 valence electrons. The average molecular weight is 621 g/mol. The normalized spacial score (nSPS) is 36.1. The number of amides is 1. The summed E-state index contributed by atoms with van der Waals surface area (Å²) < 4.78 is 5.92. The van der Waals surface area contributed by atoms with Crippen LogP contribution in [-0.4, -0.2) is 52.0 Å². The van der Waals surface area contributed by atoms with Gasteiger partial charge in [-0.1, -0.05) is 33.8 Å². The van der Waals surface area contributed by atoms with Gasteiger partial charge in [0.25, 0.3) is 5.91 Å². The molecule has 7 nitrogen and oxygen atoms in total. The number of nitrogens with two attached hydrogens (primary N) is 1. The summed E-state index contributed by atoms with van der Waals surface area (Å²) in [5.41, 5.74) is 5.34. The number of carbonyl (C=O) groups is 3. The smallest absolute Gasteiger partial charge is 0.316 e. The number of rotatable bonds is 8. The monoisotopic (exact) mass is 620 g/mol. The van der Waals surface area contributed by atoms with E-state index in [1.807, 2.05) is 26.8 Å². The maximum Gasteiger partial charge on any atom is 0.316 e. The van der Waals surface area contributed by atoms with Gasteiger partial charge >= 0.3 is 5.97 Å². The summed E-state index contributed by atoms with van der Waals surface area (Å²) in [7, 11) is 0. The van der Waals surface area contributed by atoms with Gasteiger partial charge in [0.1, 0.15) is 11.9 Å². The molecule has 4 N–H and O–H groups in total. The van der Waals surface area contributed by atoms with Gasteiger partial charge in [0.2, 0.25) is 0 Å². The van der Waals surface area contributed by atoms with Gasteiger partial charge in [-0.2, -0.15) is 0 Å². The second kappa shape index (κ2) is 12.5. The molecule has 0 spiro atoms. The summed E-state index contributed by atoms with van der Waals surface area (Å²) >= 11 is 1.43. The van der Waals surface area contributed by atoms with Crippen molar-refractivity contribution in [2.24, 2.45) is 34.0 Å². The van der Waals surface area contributed by atoms with E-state index in [0.717, 1.165) is 19.3 Å². The second-order valence-electron chi connectivity index (χ2n) is 13.9. The lowest BCUT2D eigenvalue weighted by Crippen LogP contribution is -2.63. The molecule has 0 radical (unpaired) electrons. The Balaban J connectivity index is 0.00000484. The highest BCUT2D eigenvalue weighted by atomic mass is 35.5. The van der Waals surface area contributed by atoms with Gasteiger partial charge < -0.3 is 20.9 Å². The van der Waals surface area contributed by atoms with Crippen LogP contribution in [0.15, 0.2) is 36.9 Å². The first-order valence-corrected chi connectivity index (χ1v) is 15.9. The van der Waals surface area contributed by atoms with Gasteiger partial charge in [-0.3, -0.25) is 14.4 Å². The van der Waals surface area contributed by atoms with Gasteiger partial charge in [-0.15, -0.1) is 30.7 Å². The Morgan fingerprint density at radius 1 is 1.21 bits per heavy atom. The van der Waals surface area contributed by atoms with E-state index in [4.69, 9.17) is 10.5 Å². The topological polar surface area (TPSA) is 119 Å². The number of anilines is 1. The van der Waals surface area contributed by atoms with Crippen LogP contribution in [0.2, 0.25) is 0 Å². The SMILES string of the molecule is C=C[C@]1(C)C[C@@H](OC(=O)CSC(C)(C)CNC(=O)c2ccc(N)cc2)[C@]2(C)[C@H](C)CC[C@]3(CCC(=O)[C@@H]32)[C@@H](C)[C@@H]1O.Cl. The van der Waals surface area contributed by atoms with Crippen molar-refractivity contribution in [2.75, 3.05) is 18.0 Å². The summed E-state index contributed by atoms with van der Waals surface area (Å²) in [5.74, 6) is -0.315. The van der Waals surface area contributed by atoms with Gasteiger partial charge in [-0.25, -0.2) is 0 Å². The molecule has 3 aliphatic rings. The minimum Gasteiger partial charge on any atom is -0.461 e. The van der Waals surface area contributed by atoms with Crippen LogP contribution in [0, 0.1) is 34.0 Å². The number of esters is 1. The fourth-order valence-corrected chi connectivity index (χ4v) is 8.78. The van der Waals surface area contributed by atoms with Crippen molar-refractivity contribution < 1.29 is 24.2 Å². The first-order chi connectivity index (χ1) is 19.1. The molecule has 1 aromatic carbocycles. The number of aliphatic hydroxyl groups excluding tert-OH is 1. The Morgan fingerprint density at radius 3 is 2.48 bits per heavy atom. The molecular weight excluding hydrogens is 572 g/mol. The predicted molar refractivity (Wildman–Crippen MR) is 172 cm³/mol. The van der Waals surface area contributed by atoms with Crippen LogP contribution >= 0.6 is 24.2 Å². The summed E-state index contributed by atoms with van der Waals surface area (Å²) in [6.07, 6.45) is 4.14. The summed E-state index contributed by atoms with van der Waals surface area (Å²) in [5, 5.41) is 14.6. The van der Waals surface area contributed by atoms with E-state index in [9.17, 15) is 19.5 Å². The number of nitrogen functional groups attached to an aromatic ring is 1. The number of thioether (sulfide) groups is 1. The number of Topliss-reactive ketones (excluding diaryl/α,β-unsaturated/α-hetero) is 1. The van der Waals surface area contributed by atoms with Crippen molar-refractivity contribution in [3.8, 4) is 0 Å². The number of hydrogen-bond acceptors (Lipinski definition) is 7. The van der Waals surface area contributed by atoms with E-state index in [0.29, 0.717) is 30.6 Å². The van der Waals surface area contributed by atoms with Crippen molar-refractivity contribution >= 4 is 47.5 Å². The van der Waals surface area contributed by atoms with Crippen LogP contribution in [0.4, 0.5) is 5.69 Å². The largest absolute Gasteiger partial charge is 0.461 e. The molecule has 3 aliphatic carbocycles. The van der Waals surface area contributed by atoms with E-state index in [1.54, 1.807) is 24.3 Å². The number of hydrogen-bond donors (Lipinski definition) is 3. The van der Waals surface area contributed by atoms with Crippen molar-refractivity contribution in [3.63, 3.8) is 0 Å². The first-order valence-electron chi connectivity index (χ1n) is 14.9. The molecule has 1 amide bonds. The average Bonchev–Trinajstić information content (AvgIpc) is 3.29. The maximum atomic E-state index is 13.6. The van der Waals surface area contributed by atoms with Gasteiger partial charge in [0, 0.05) is 45.7 Å². The van der Waals surface area contributed by atoms with E-state index >= 15 is 0 Å². The van der Waals surface area contributed by atoms with Crippen LogP contribution in [0.25, 0.3) is 0 Å². The lowest BCUT2D eigenvalue weighted by atomic mass is 9.44. The highest BCUT2D eigenvalue weighted by Crippen LogP contribution is 2.68. The first kappa shape index (κ1) is 34.5. The molecule has 3 saturated carbocycles. The van der Waals surface area contributed by atoms with Crippen LogP contribution in [0.5, 0.6) is 0 Å². The van der Waals surface area contributed by atoms with Crippen LogP contribution in [0.1, 0.15) is 84.0 Å². The van der Waals surface area contributed by atoms with Crippen molar-refractivity contribution in [1.29, 1.82) is 0 Å². The molecule has 0 aromatic heterocycles. The number of ketones is 1. The number of nitrogens with one attached hydrogen (secondary N) is 1. The van der Waals surface area contributed by atoms with Gasteiger partial charge in [-0.05, 0) is 81.0 Å². The molecule has 0 heterocycles. The Morgan fingerprint density at radius 2 is 1.86 bits per heavy atom. The summed E-state index contributed by atoms with van der Waals surface area (Å²) in [4.78, 5) is 39.6. The van der Waals surface area contributed by atoms with Crippen molar-refractivity contribution in [1.82, 2.24) is 5.32 Å². The quantitative estimate of drug-likeness (QED) is 0.190. The highest BCUT2D eigenvalue weighted by Gasteiger charge is 2.68. The molecule has 2 bridgehead atoms. The molecule has 4 rings (SSSR count). The zero-order chi connectivity index (χ0) is 30.4. The molecule has 3 fully saturated rings. The van der Waals surface area contributed by atoms with Gasteiger partial charge in [0.15, 0.2) is 0 Å². The van der Waals surface area contributed by atoms with Crippen LogP contribution in [0.3, 0.4) is 0 Å². The van der Waals surface area contributed by atoms with Gasteiger partial charge in [0.05, 0.1) is 11.9 Å². The van der Waals surface area contributed by atoms with Crippen LogP contribution < -0.4 is 11.1 Å². The molecular formula is C33H49ClN2O5S. The van der Waals surface area contributed by atoms with E-state index in [-0.39, 0.29) is 59.0 Å². The highest BCUT2D eigenvalue weighted by molar-refractivity contribution is 8.01. The molecule has 8 atom stereocenters. The van der Waals surface area contributed by atoms with Crippen molar-refractivity contribution in [3.05, 3.63) is 42.5 Å². The number of ether oxygens (including phenoxy) is 1. The molecule has 9 heteroatoms. The fraction of sp³-hybridized carbons (Fsp3) is 0.667. The van der Waals surface area contributed by atoms with E-state index < -0.39 is 27.8 Å². The molecule has 0 unspecified atom stereocenters. The lowest BCUT2D eigenvalue weighted by molar-refractivity contribution is -0.205. The zero-order valence-corrected chi connectivity index (χ0v) is 27.5. The number of aliphatic hydroxyl groups is 1. The zero-order valence-electron chi connectivity index (χ0n) is 25.9. The molecule has 0 saturated heterocycles. The third-order valence-corrected chi connectivity index (χ3v) is 12.3. The third kappa shape index (κ3) is 6.14. The molecule has 42 heavy (non-hydrogen) atoms. The Hall–Kier alpha value is -2.03. The molecule has 0 aliphatic heterocycles. The second-order valence-corrected chi connectivity index (χ2v) is 15.6. The standard InChI is InChI=1S/C33H48N2O5S.ClH/c1-8-31(6)17-25(32(7)20(2)13-15-33(21(3)28(31)38)16-14-24(36)27(32)33)40-26(37)18-41-30(4,5)19-35-29(39)22-9-11-23(34)12-10-22;/h8-12,20-21,25,27-28,38H,1,13-19,34H2,2-7H3,(H,35,39);1H/t20-,21+,25-,27-,28+,31-,32+,33+;/m1./s1. The lowest BCUT2D eigenvalue weighted by Gasteiger charge is -2.61. The number of halogens is 1. The third-order valence-electron chi connectivity index (χ3n) is 11.0. The van der Waals surface area contributed by atoms with E-state index in [1.165, 1.54) is 11.8 Å². The Kier molecular flexibility index (Phi) is 10.3. The number of carbonyl (C=O) groups excluding carboxylic acids is 3. The predicted octanol–water partition coefficient (Wildman–Crippen LogP) is 5.84. The molecule has 1 aromatic rings. The Labute approximate surface area is 261 Å². The minimum absolute atomic E-state index is 0.